The van der Waals surface area contributed by atoms with Crippen molar-refractivity contribution in [3.05, 3.63) is 0 Å². The standard InChI is InChI=1S/C15H26BrNO/c1-14(2)8-5-6-11(14)13(18)17-9-7-12(16)15(3,4)10-17/h11-12H,5-10H2,1-4H3. The summed E-state index contributed by atoms with van der Waals surface area (Å²) in [5.41, 5.74) is 0.392. The molecular formula is C15H26BrNO. The van der Waals surface area contributed by atoms with Crippen molar-refractivity contribution in [2.75, 3.05) is 13.1 Å². The molecule has 1 aliphatic carbocycles. The van der Waals surface area contributed by atoms with Gasteiger partial charge >= 0.3 is 0 Å². The van der Waals surface area contributed by atoms with Crippen molar-refractivity contribution >= 4 is 21.8 Å². The molecule has 0 bridgehead atoms. The van der Waals surface area contributed by atoms with Gasteiger partial charge in [0.15, 0.2) is 0 Å². The zero-order valence-corrected chi connectivity index (χ0v) is 13.7. The van der Waals surface area contributed by atoms with Gasteiger partial charge in [0.25, 0.3) is 0 Å². The quantitative estimate of drug-likeness (QED) is 0.673. The Morgan fingerprint density at radius 2 is 1.83 bits per heavy atom. The lowest BCUT2D eigenvalue weighted by molar-refractivity contribution is -0.141. The molecule has 2 unspecified atom stereocenters. The molecular weight excluding hydrogens is 290 g/mol. The molecule has 2 fully saturated rings. The van der Waals surface area contributed by atoms with E-state index in [9.17, 15) is 4.79 Å². The highest BCUT2D eigenvalue weighted by Crippen LogP contribution is 2.44. The molecule has 18 heavy (non-hydrogen) atoms. The molecule has 0 aromatic rings. The van der Waals surface area contributed by atoms with Crippen LogP contribution in [0.4, 0.5) is 0 Å². The lowest BCUT2D eigenvalue weighted by atomic mass is 9.79. The molecule has 2 aliphatic rings. The first-order valence-electron chi connectivity index (χ1n) is 7.17. The zero-order chi connectivity index (χ0) is 13.6. The van der Waals surface area contributed by atoms with Crippen LogP contribution in [-0.2, 0) is 4.79 Å². The molecule has 0 aromatic carbocycles. The Morgan fingerprint density at radius 3 is 2.33 bits per heavy atom. The number of amides is 1. The van der Waals surface area contributed by atoms with Gasteiger partial charge in [-0.1, -0.05) is 50.0 Å². The average molecular weight is 316 g/mol. The Morgan fingerprint density at radius 1 is 1.17 bits per heavy atom. The molecule has 0 radical (unpaired) electrons. The number of carbonyl (C=O) groups excluding carboxylic acids is 1. The van der Waals surface area contributed by atoms with Gasteiger partial charge in [0.05, 0.1) is 0 Å². The van der Waals surface area contributed by atoms with Crippen molar-refractivity contribution in [1.82, 2.24) is 4.90 Å². The summed E-state index contributed by atoms with van der Waals surface area (Å²) in [5.74, 6) is 0.658. The minimum atomic E-state index is 0.191. The molecule has 0 aromatic heterocycles. The maximum Gasteiger partial charge on any atom is 0.226 e. The van der Waals surface area contributed by atoms with Gasteiger partial charge in [0.1, 0.15) is 0 Å². The van der Waals surface area contributed by atoms with Crippen LogP contribution in [0.5, 0.6) is 0 Å². The fourth-order valence-electron chi connectivity index (χ4n) is 3.52. The molecule has 0 N–H and O–H groups in total. The zero-order valence-electron chi connectivity index (χ0n) is 12.1. The van der Waals surface area contributed by atoms with Crippen molar-refractivity contribution in [2.45, 2.75) is 58.2 Å². The third-order valence-electron chi connectivity index (χ3n) is 4.97. The fraction of sp³-hybridized carbons (Fsp3) is 0.933. The number of carbonyl (C=O) groups is 1. The Labute approximate surface area is 120 Å². The van der Waals surface area contributed by atoms with E-state index in [2.05, 4.69) is 48.5 Å². The van der Waals surface area contributed by atoms with E-state index < -0.39 is 0 Å². The van der Waals surface area contributed by atoms with E-state index in [4.69, 9.17) is 0 Å². The summed E-state index contributed by atoms with van der Waals surface area (Å²) in [6.07, 6.45) is 4.57. The van der Waals surface area contributed by atoms with Gasteiger partial charge in [-0.3, -0.25) is 4.79 Å². The van der Waals surface area contributed by atoms with Crippen molar-refractivity contribution in [3.8, 4) is 0 Å². The monoisotopic (exact) mass is 315 g/mol. The number of alkyl halides is 1. The average Bonchev–Trinajstić information content (AvgIpc) is 2.61. The summed E-state index contributed by atoms with van der Waals surface area (Å²) in [7, 11) is 0. The summed E-state index contributed by atoms with van der Waals surface area (Å²) in [6, 6.07) is 0. The molecule has 1 aliphatic heterocycles. The number of nitrogens with zero attached hydrogens (tertiary/aromatic N) is 1. The number of likely N-dealkylation sites (tertiary alicyclic amines) is 1. The summed E-state index contributed by atoms with van der Waals surface area (Å²) in [5, 5.41) is 0. The van der Waals surface area contributed by atoms with Gasteiger partial charge in [-0.15, -0.1) is 0 Å². The molecule has 1 heterocycles. The van der Waals surface area contributed by atoms with E-state index in [1.807, 2.05) is 0 Å². The number of halogens is 1. The van der Waals surface area contributed by atoms with Crippen molar-refractivity contribution in [3.63, 3.8) is 0 Å². The van der Waals surface area contributed by atoms with Crippen LogP contribution in [0.2, 0.25) is 0 Å². The fourth-order valence-corrected chi connectivity index (χ4v) is 3.87. The molecule has 1 saturated heterocycles. The molecule has 2 rings (SSSR count). The first kappa shape index (κ1) is 14.4. The number of hydrogen-bond acceptors (Lipinski definition) is 1. The highest BCUT2D eigenvalue weighted by molar-refractivity contribution is 9.09. The van der Waals surface area contributed by atoms with Crippen molar-refractivity contribution in [2.24, 2.45) is 16.7 Å². The molecule has 104 valence electrons. The molecule has 0 spiro atoms. The lowest BCUT2D eigenvalue weighted by Gasteiger charge is -2.43. The highest BCUT2D eigenvalue weighted by Gasteiger charge is 2.44. The van der Waals surface area contributed by atoms with Gasteiger partial charge in [-0.2, -0.15) is 0 Å². The van der Waals surface area contributed by atoms with Gasteiger partial charge in [0.2, 0.25) is 5.91 Å². The highest BCUT2D eigenvalue weighted by atomic mass is 79.9. The minimum Gasteiger partial charge on any atom is -0.342 e. The van der Waals surface area contributed by atoms with Crippen molar-refractivity contribution < 1.29 is 4.79 Å². The van der Waals surface area contributed by atoms with Gasteiger partial charge in [-0.05, 0) is 30.1 Å². The van der Waals surface area contributed by atoms with Crippen LogP contribution >= 0.6 is 15.9 Å². The van der Waals surface area contributed by atoms with Gasteiger partial charge in [0, 0.05) is 23.8 Å². The summed E-state index contributed by atoms with van der Waals surface area (Å²) in [6.45, 7) is 10.8. The maximum absolute atomic E-state index is 12.7. The van der Waals surface area contributed by atoms with E-state index in [-0.39, 0.29) is 16.7 Å². The predicted octanol–water partition coefficient (Wildman–Crippen LogP) is 3.83. The van der Waals surface area contributed by atoms with E-state index in [0.29, 0.717) is 10.7 Å². The van der Waals surface area contributed by atoms with Crippen LogP contribution in [0, 0.1) is 16.7 Å². The van der Waals surface area contributed by atoms with Crippen LogP contribution < -0.4 is 0 Å². The summed E-state index contributed by atoms with van der Waals surface area (Å²) >= 11 is 3.75. The second-order valence-electron chi connectivity index (χ2n) is 7.44. The predicted molar refractivity (Wildman–Crippen MR) is 78.8 cm³/mol. The number of piperidine rings is 1. The second-order valence-corrected chi connectivity index (χ2v) is 8.54. The normalized spacial score (nSPS) is 34.6. The van der Waals surface area contributed by atoms with E-state index in [1.54, 1.807) is 0 Å². The smallest absolute Gasteiger partial charge is 0.226 e. The summed E-state index contributed by atoms with van der Waals surface area (Å²) in [4.78, 5) is 15.4. The van der Waals surface area contributed by atoms with Crippen LogP contribution in [-0.4, -0.2) is 28.7 Å². The lowest BCUT2D eigenvalue weighted by Crippen LogP contribution is -2.51. The van der Waals surface area contributed by atoms with Crippen LogP contribution in [0.15, 0.2) is 0 Å². The summed E-state index contributed by atoms with van der Waals surface area (Å²) < 4.78 is 0. The molecule has 1 amide bonds. The largest absolute Gasteiger partial charge is 0.342 e. The van der Waals surface area contributed by atoms with E-state index >= 15 is 0 Å². The molecule has 2 nitrogen and oxygen atoms in total. The Balaban J connectivity index is 2.06. The van der Waals surface area contributed by atoms with Crippen LogP contribution in [0.3, 0.4) is 0 Å². The Hall–Kier alpha value is -0.0500. The number of hydrogen-bond donors (Lipinski definition) is 0. The molecule has 1 saturated carbocycles. The minimum absolute atomic E-state index is 0.191. The van der Waals surface area contributed by atoms with Gasteiger partial charge in [-0.25, -0.2) is 0 Å². The van der Waals surface area contributed by atoms with E-state index in [0.717, 1.165) is 25.9 Å². The third kappa shape index (κ3) is 2.61. The molecule has 2 atom stereocenters. The Kier molecular flexibility index (Phi) is 3.84. The molecule has 3 heteroatoms. The van der Waals surface area contributed by atoms with Crippen molar-refractivity contribution in [1.29, 1.82) is 0 Å². The topological polar surface area (TPSA) is 20.3 Å². The SMILES string of the molecule is CC1(C)CN(C(=O)C2CCCC2(C)C)CCC1Br. The van der Waals surface area contributed by atoms with Gasteiger partial charge < -0.3 is 4.90 Å². The maximum atomic E-state index is 12.7. The van der Waals surface area contributed by atoms with Crippen LogP contribution in [0.25, 0.3) is 0 Å². The first-order valence-corrected chi connectivity index (χ1v) is 8.08. The van der Waals surface area contributed by atoms with Crippen LogP contribution in [0.1, 0.15) is 53.4 Å². The first-order chi connectivity index (χ1) is 8.24. The van der Waals surface area contributed by atoms with E-state index in [1.165, 1.54) is 12.8 Å². The second kappa shape index (κ2) is 4.81. The third-order valence-corrected chi connectivity index (χ3v) is 6.66. The Bertz CT molecular complexity index is 337. The number of rotatable bonds is 1.